The van der Waals surface area contributed by atoms with Crippen molar-refractivity contribution >= 4 is 46.0 Å². The molecule has 0 aliphatic carbocycles. The molecule has 1 N–H and O–H groups in total. The summed E-state index contributed by atoms with van der Waals surface area (Å²) in [7, 11) is 0. The summed E-state index contributed by atoms with van der Waals surface area (Å²) in [5.74, 6) is -0.286. The number of carbonyl (C=O) groups excluding carboxylic acids is 1. The molecule has 4 rings (SSSR count). The number of nitrogens with zero attached hydrogens (tertiary/aromatic N) is 2. The fourth-order valence-corrected chi connectivity index (χ4v) is 3.69. The Morgan fingerprint density at radius 2 is 2.04 bits per heavy atom. The zero-order valence-electron chi connectivity index (χ0n) is 14.3. The third kappa shape index (κ3) is 3.77. The fraction of sp³-hybridized carbons (Fsp3) is 0.0500. The number of aryl methyl sites for hydroxylation is 1. The van der Waals surface area contributed by atoms with Gasteiger partial charge in [-0.2, -0.15) is 5.10 Å². The summed E-state index contributed by atoms with van der Waals surface area (Å²) in [6.45, 7) is 1.81. The van der Waals surface area contributed by atoms with Crippen molar-refractivity contribution < 1.29 is 9.21 Å². The first-order chi connectivity index (χ1) is 13.1. The highest BCUT2D eigenvalue weighted by Gasteiger charge is 2.15. The number of amides is 1. The summed E-state index contributed by atoms with van der Waals surface area (Å²) in [6, 6.07) is 14.9. The zero-order valence-corrected chi connectivity index (χ0v) is 15.8. The van der Waals surface area contributed by atoms with Crippen molar-refractivity contribution in [2.75, 3.05) is 0 Å². The molecule has 0 atom stereocenters. The second-order valence-corrected chi connectivity index (χ2v) is 7.29. The standard InChI is InChI=1S/C20H14ClN3O2S/c1-12-18(27-20(23-12)14-3-5-16(21)6-4-14)19(25)24-22-11-13-2-7-17-15(10-13)8-9-26-17/h2-11H,1H3,(H,24,25)/b22-11+. The zero-order chi connectivity index (χ0) is 18.8. The van der Waals surface area contributed by atoms with Crippen molar-refractivity contribution in [1.82, 2.24) is 10.4 Å². The molecule has 0 unspecified atom stereocenters. The quantitative estimate of drug-likeness (QED) is 0.377. The molecule has 0 saturated heterocycles. The molecule has 2 aromatic carbocycles. The maximum absolute atomic E-state index is 12.4. The van der Waals surface area contributed by atoms with Gasteiger partial charge in [-0.25, -0.2) is 10.4 Å². The van der Waals surface area contributed by atoms with Gasteiger partial charge < -0.3 is 4.42 Å². The Kier molecular flexibility index (Phi) is 4.75. The first-order valence-corrected chi connectivity index (χ1v) is 9.33. The van der Waals surface area contributed by atoms with E-state index >= 15 is 0 Å². The molecule has 5 nitrogen and oxygen atoms in total. The van der Waals surface area contributed by atoms with Gasteiger partial charge in [-0.05, 0) is 48.9 Å². The van der Waals surface area contributed by atoms with Crippen LogP contribution in [0.2, 0.25) is 5.02 Å². The van der Waals surface area contributed by atoms with Gasteiger partial charge in [-0.3, -0.25) is 4.79 Å². The second-order valence-electron chi connectivity index (χ2n) is 5.86. The number of hydrogen-bond acceptors (Lipinski definition) is 5. The highest BCUT2D eigenvalue weighted by Crippen LogP contribution is 2.28. The lowest BCUT2D eigenvalue weighted by Crippen LogP contribution is -2.17. The average Bonchev–Trinajstić information content (AvgIpc) is 3.28. The smallest absolute Gasteiger partial charge is 0.283 e. The lowest BCUT2D eigenvalue weighted by molar-refractivity contribution is 0.0958. The number of furan rings is 1. The SMILES string of the molecule is Cc1nc(-c2ccc(Cl)cc2)sc1C(=O)N/N=C/c1ccc2occc2c1. The van der Waals surface area contributed by atoms with Crippen LogP contribution in [-0.4, -0.2) is 17.1 Å². The molecule has 134 valence electrons. The average molecular weight is 396 g/mol. The third-order valence-electron chi connectivity index (χ3n) is 3.95. The van der Waals surface area contributed by atoms with Crippen molar-refractivity contribution in [1.29, 1.82) is 0 Å². The Hall–Kier alpha value is -2.96. The van der Waals surface area contributed by atoms with Crippen molar-refractivity contribution in [3.05, 3.63) is 76.0 Å². The fourth-order valence-electron chi connectivity index (χ4n) is 2.60. The molecular formula is C20H14ClN3O2S. The molecular weight excluding hydrogens is 382 g/mol. The maximum Gasteiger partial charge on any atom is 0.283 e. The van der Waals surface area contributed by atoms with Crippen LogP contribution in [0.1, 0.15) is 20.9 Å². The summed E-state index contributed by atoms with van der Waals surface area (Å²) >= 11 is 7.24. The molecule has 4 aromatic rings. The number of nitrogens with one attached hydrogen (secondary N) is 1. The van der Waals surface area contributed by atoms with Crippen LogP contribution in [0.15, 0.2) is 64.3 Å². The van der Waals surface area contributed by atoms with Crippen molar-refractivity contribution in [2.45, 2.75) is 6.92 Å². The number of hydrogen-bond donors (Lipinski definition) is 1. The predicted octanol–water partition coefficient (Wildman–Crippen LogP) is 5.28. The number of benzene rings is 2. The van der Waals surface area contributed by atoms with Gasteiger partial charge in [0.25, 0.3) is 5.91 Å². The summed E-state index contributed by atoms with van der Waals surface area (Å²) in [5.41, 5.74) is 5.82. The van der Waals surface area contributed by atoms with Gasteiger partial charge in [0.2, 0.25) is 0 Å². The molecule has 0 aliphatic rings. The van der Waals surface area contributed by atoms with Crippen molar-refractivity contribution in [2.24, 2.45) is 5.10 Å². The number of thiazole rings is 1. The molecule has 1 amide bonds. The number of rotatable bonds is 4. The lowest BCUT2D eigenvalue weighted by atomic mass is 10.2. The van der Waals surface area contributed by atoms with E-state index in [1.165, 1.54) is 11.3 Å². The van der Waals surface area contributed by atoms with Gasteiger partial charge in [0.15, 0.2) is 0 Å². The molecule has 0 spiro atoms. The van der Waals surface area contributed by atoms with E-state index in [1.807, 2.05) is 36.4 Å². The van der Waals surface area contributed by atoms with Gasteiger partial charge in [-0.1, -0.05) is 23.7 Å². The maximum atomic E-state index is 12.4. The van der Waals surface area contributed by atoms with E-state index in [-0.39, 0.29) is 5.91 Å². The molecule has 7 heteroatoms. The minimum atomic E-state index is -0.286. The Labute approximate surface area is 164 Å². The Morgan fingerprint density at radius 3 is 2.85 bits per heavy atom. The molecule has 0 fully saturated rings. The van der Waals surface area contributed by atoms with E-state index in [0.717, 1.165) is 27.1 Å². The van der Waals surface area contributed by atoms with Gasteiger partial charge in [0, 0.05) is 16.0 Å². The van der Waals surface area contributed by atoms with E-state index in [0.29, 0.717) is 15.6 Å². The Balaban J connectivity index is 1.48. The molecule has 2 heterocycles. The first kappa shape index (κ1) is 17.5. The van der Waals surface area contributed by atoms with Crippen LogP contribution in [0.25, 0.3) is 21.5 Å². The molecule has 0 bridgehead atoms. The van der Waals surface area contributed by atoms with E-state index in [9.17, 15) is 4.79 Å². The Morgan fingerprint density at radius 1 is 1.22 bits per heavy atom. The van der Waals surface area contributed by atoms with E-state index in [4.69, 9.17) is 16.0 Å². The van der Waals surface area contributed by atoms with Gasteiger partial charge >= 0.3 is 0 Å². The largest absolute Gasteiger partial charge is 0.464 e. The molecule has 2 aromatic heterocycles. The minimum Gasteiger partial charge on any atom is -0.464 e. The van der Waals surface area contributed by atoms with Crippen molar-refractivity contribution in [3.8, 4) is 10.6 Å². The number of hydrazone groups is 1. The molecule has 0 radical (unpaired) electrons. The number of aromatic nitrogens is 1. The number of carbonyl (C=O) groups is 1. The molecule has 0 saturated carbocycles. The van der Waals surface area contributed by atoms with Gasteiger partial charge in [-0.15, -0.1) is 11.3 Å². The van der Waals surface area contributed by atoms with Crippen LogP contribution in [0.5, 0.6) is 0 Å². The molecule has 27 heavy (non-hydrogen) atoms. The number of halogens is 1. The van der Waals surface area contributed by atoms with E-state index in [1.54, 1.807) is 31.5 Å². The van der Waals surface area contributed by atoms with Gasteiger partial charge in [0.1, 0.15) is 15.5 Å². The van der Waals surface area contributed by atoms with Crippen LogP contribution < -0.4 is 5.43 Å². The van der Waals surface area contributed by atoms with Crippen LogP contribution in [0.4, 0.5) is 0 Å². The topological polar surface area (TPSA) is 67.5 Å². The third-order valence-corrected chi connectivity index (χ3v) is 5.41. The van der Waals surface area contributed by atoms with Crippen LogP contribution in [0, 0.1) is 6.92 Å². The minimum absolute atomic E-state index is 0.286. The van der Waals surface area contributed by atoms with E-state index in [2.05, 4.69) is 15.5 Å². The predicted molar refractivity (Wildman–Crippen MR) is 109 cm³/mol. The summed E-state index contributed by atoms with van der Waals surface area (Å²) < 4.78 is 5.30. The summed E-state index contributed by atoms with van der Waals surface area (Å²) in [5, 5.41) is 6.46. The summed E-state index contributed by atoms with van der Waals surface area (Å²) in [6.07, 6.45) is 3.24. The lowest BCUT2D eigenvalue weighted by Gasteiger charge is -1.97. The number of fused-ring (bicyclic) bond motifs is 1. The normalized spacial score (nSPS) is 11.3. The first-order valence-electron chi connectivity index (χ1n) is 8.14. The van der Waals surface area contributed by atoms with Crippen LogP contribution in [0.3, 0.4) is 0 Å². The van der Waals surface area contributed by atoms with Crippen molar-refractivity contribution in [3.63, 3.8) is 0 Å². The van der Waals surface area contributed by atoms with E-state index < -0.39 is 0 Å². The monoisotopic (exact) mass is 395 g/mol. The van der Waals surface area contributed by atoms with Crippen LogP contribution in [-0.2, 0) is 0 Å². The highest BCUT2D eigenvalue weighted by molar-refractivity contribution is 7.17. The summed E-state index contributed by atoms with van der Waals surface area (Å²) in [4.78, 5) is 17.4. The highest BCUT2D eigenvalue weighted by atomic mass is 35.5. The Bertz CT molecular complexity index is 1150. The van der Waals surface area contributed by atoms with Gasteiger partial charge in [0.05, 0.1) is 18.2 Å². The second kappa shape index (κ2) is 7.34. The van der Waals surface area contributed by atoms with Crippen LogP contribution >= 0.6 is 22.9 Å². The molecule has 0 aliphatic heterocycles.